The summed E-state index contributed by atoms with van der Waals surface area (Å²) in [5.41, 5.74) is 7.04. The van der Waals surface area contributed by atoms with Crippen molar-refractivity contribution in [3.05, 3.63) is 18.2 Å². The zero-order chi connectivity index (χ0) is 15.7. The topological polar surface area (TPSA) is 75.4 Å². The van der Waals surface area contributed by atoms with Gasteiger partial charge in [0, 0.05) is 25.4 Å². The molecule has 0 spiro atoms. The molecule has 118 valence electrons. The highest BCUT2D eigenvalue weighted by Crippen LogP contribution is 2.38. The minimum atomic E-state index is -3.52. The molecular formula is C14H23N3O2S2. The number of hydrogen-bond acceptors (Lipinski definition) is 5. The maximum absolute atomic E-state index is 12.2. The summed E-state index contributed by atoms with van der Waals surface area (Å²) in [6, 6.07) is 5.09. The van der Waals surface area contributed by atoms with Crippen LogP contribution in [0.4, 0.5) is 11.4 Å². The average molecular weight is 329 g/mol. The number of para-hydroxylation sites is 1. The van der Waals surface area contributed by atoms with Crippen LogP contribution in [-0.4, -0.2) is 43.9 Å². The molecule has 1 aliphatic heterocycles. The number of hydrogen-bond donors (Lipinski definition) is 2. The Morgan fingerprint density at radius 3 is 2.71 bits per heavy atom. The van der Waals surface area contributed by atoms with Gasteiger partial charge in [-0.15, -0.1) is 0 Å². The van der Waals surface area contributed by atoms with Crippen LogP contribution < -0.4 is 11.1 Å². The van der Waals surface area contributed by atoms with Gasteiger partial charge in [-0.1, -0.05) is 6.07 Å². The zero-order valence-electron chi connectivity index (χ0n) is 12.7. The first-order valence-electron chi connectivity index (χ1n) is 6.95. The minimum absolute atomic E-state index is 0.154. The average Bonchev–Trinajstić information content (AvgIpc) is 2.84. The summed E-state index contributed by atoms with van der Waals surface area (Å²) in [6.07, 6.45) is 2.40. The predicted molar refractivity (Wildman–Crippen MR) is 90.3 cm³/mol. The lowest BCUT2D eigenvalue weighted by Crippen LogP contribution is -2.28. The fraction of sp³-hybridized carbons (Fsp3) is 0.571. The molecule has 0 saturated carbocycles. The number of sulfonamides is 1. The van der Waals surface area contributed by atoms with Crippen LogP contribution >= 0.6 is 11.8 Å². The molecule has 1 aliphatic rings. The van der Waals surface area contributed by atoms with Gasteiger partial charge in [-0.25, -0.2) is 12.7 Å². The third-order valence-electron chi connectivity index (χ3n) is 3.78. The van der Waals surface area contributed by atoms with Crippen molar-refractivity contribution in [3.8, 4) is 0 Å². The van der Waals surface area contributed by atoms with Crippen molar-refractivity contribution >= 4 is 33.2 Å². The number of nitrogens with zero attached hydrogens (tertiary/aromatic N) is 1. The first-order chi connectivity index (χ1) is 9.76. The lowest BCUT2D eigenvalue weighted by Gasteiger charge is -2.24. The number of anilines is 2. The van der Waals surface area contributed by atoms with Crippen molar-refractivity contribution < 1.29 is 8.42 Å². The van der Waals surface area contributed by atoms with Gasteiger partial charge < -0.3 is 11.1 Å². The summed E-state index contributed by atoms with van der Waals surface area (Å²) in [7, 11) is -0.509. The number of benzene rings is 1. The molecule has 21 heavy (non-hydrogen) atoms. The van der Waals surface area contributed by atoms with Crippen LogP contribution in [0.2, 0.25) is 0 Å². The van der Waals surface area contributed by atoms with E-state index in [0.29, 0.717) is 5.69 Å². The van der Waals surface area contributed by atoms with Gasteiger partial charge in [0.25, 0.3) is 0 Å². The molecule has 1 unspecified atom stereocenters. The van der Waals surface area contributed by atoms with Gasteiger partial charge in [0.1, 0.15) is 4.90 Å². The van der Waals surface area contributed by atoms with Gasteiger partial charge in [-0.05, 0) is 37.7 Å². The number of nitrogens with one attached hydrogen (secondary N) is 1. The van der Waals surface area contributed by atoms with E-state index < -0.39 is 10.0 Å². The molecule has 1 aromatic rings. The van der Waals surface area contributed by atoms with E-state index in [0.717, 1.165) is 6.54 Å². The van der Waals surface area contributed by atoms with E-state index in [4.69, 9.17) is 5.73 Å². The van der Waals surface area contributed by atoms with Crippen LogP contribution in [0, 0.1) is 0 Å². The second-order valence-corrected chi connectivity index (χ2v) is 9.56. The van der Waals surface area contributed by atoms with Gasteiger partial charge in [0.2, 0.25) is 10.0 Å². The van der Waals surface area contributed by atoms with Crippen molar-refractivity contribution in [1.82, 2.24) is 4.31 Å². The van der Waals surface area contributed by atoms with E-state index in [9.17, 15) is 8.42 Å². The normalized spacial score (nSPS) is 22.7. The van der Waals surface area contributed by atoms with Gasteiger partial charge in [0.15, 0.2) is 0 Å². The number of rotatable bonds is 5. The van der Waals surface area contributed by atoms with Gasteiger partial charge in [-0.2, -0.15) is 11.8 Å². The molecule has 2 rings (SSSR count). The fourth-order valence-corrected chi connectivity index (χ4v) is 4.65. The minimum Gasteiger partial charge on any atom is -0.396 e. The zero-order valence-corrected chi connectivity index (χ0v) is 14.4. The largest absolute Gasteiger partial charge is 0.396 e. The molecule has 1 fully saturated rings. The monoisotopic (exact) mass is 329 g/mol. The molecule has 1 saturated heterocycles. The molecule has 7 heteroatoms. The van der Waals surface area contributed by atoms with Gasteiger partial charge >= 0.3 is 0 Å². The summed E-state index contributed by atoms with van der Waals surface area (Å²) >= 11 is 1.95. The third-order valence-corrected chi connectivity index (χ3v) is 7.19. The predicted octanol–water partition coefficient (Wildman–Crippen LogP) is 2.22. The van der Waals surface area contributed by atoms with Gasteiger partial charge in [-0.3, -0.25) is 0 Å². The van der Waals surface area contributed by atoms with Crippen molar-refractivity contribution in [3.63, 3.8) is 0 Å². The maximum Gasteiger partial charge on any atom is 0.244 e. The Morgan fingerprint density at radius 2 is 2.14 bits per heavy atom. The SMILES string of the molecule is CN(C)S(=O)(=O)c1cccc(NCC2(C)CCCS2)c1N. The summed E-state index contributed by atoms with van der Waals surface area (Å²) in [5.74, 6) is 1.18. The van der Waals surface area contributed by atoms with E-state index in [-0.39, 0.29) is 15.3 Å². The molecule has 0 radical (unpaired) electrons. The van der Waals surface area contributed by atoms with Crippen LogP contribution in [0.15, 0.2) is 23.1 Å². The Hall–Kier alpha value is -0.920. The summed E-state index contributed by atoms with van der Waals surface area (Å²) in [4.78, 5) is 0.154. The fourth-order valence-electron chi connectivity index (χ4n) is 2.38. The Bertz CT molecular complexity index is 609. The molecule has 0 aromatic heterocycles. The van der Waals surface area contributed by atoms with E-state index in [2.05, 4.69) is 12.2 Å². The van der Waals surface area contributed by atoms with E-state index in [1.54, 1.807) is 12.1 Å². The molecule has 0 amide bonds. The van der Waals surface area contributed by atoms with Crippen molar-refractivity contribution in [1.29, 1.82) is 0 Å². The molecule has 3 N–H and O–H groups in total. The summed E-state index contributed by atoms with van der Waals surface area (Å²) in [6.45, 7) is 3.02. The quantitative estimate of drug-likeness (QED) is 0.810. The Labute approximate surface area is 131 Å². The lowest BCUT2D eigenvalue weighted by molar-refractivity contribution is 0.521. The highest BCUT2D eigenvalue weighted by molar-refractivity contribution is 8.00. The highest BCUT2D eigenvalue weighted by Gasteiger charge is 2.29. The number of nitrogens with two attached hydrogens (primary N) is 1. The van der Waals surface area contributed by atoms with Crippen molar-refractivity contribution in [2.45, 2.75) is 29.4 Å². The van der Waals surface area contributed by atoms with Crippen molar-refractivity contribution in [2.75, 3.05) is 37.4 Å². The first-order valence-corrected chi connectivity index (χ1v) is 9.38. The molecular weight excluding hydrogens is 306 g/mol. The Balaban J connectivity index is 2.22. The molecule has 0 aliphatic carbocycles. The maximum atomic E-state index is 12.2. The van der Waals surface area contributed by atoms with Crippen LogP contribution in [-0.2, 0) is 10.0 Å². The summed E-state index contributed by atoms with van der Waals surface area (Å²) < 4.78 is 25.9. The van der Waals surface area contributed by atoms with E-state index >= 15 is 0 Å². The molecule has 1 aromatic carbocycles. The highest BCUT2D eigenvalue weighted by atomic mass is 32.2. The van der Waals surface area contributed by atoms with Crippen LogP contribution in [0.1, 0.15) is 19.8 Å². The second-order valence-electron chi connectivity index (χ2n) is 5.76. The van der Waals surface area contributed by atoms with Crippen LogP contribution in [0.5, 0.6) is 0 Å². The third kappa shape index (κ3) is 3.46. The van der Waals surface area contributed by atoms with Crippen LogP contribution in [0.25, 0.3) is 0 Å². The van der Waals surface area contributed by atoms with Crippen molar-refractivity contribution in [2.24, 2.45) is 0 Å². The second kappa shape index (κ2) is 6.06. The Kier molecular flexibility index (Phi) is 4.75. The number of nitrogen functional groups attached to an aromatic ring is 1. The van der Waals surface area contributed by atoms with E-state index in [1.165, 1.54) is 37.0 Å². The van der Waals surface area contributed by atoms with E-state index in [1.807, 2.05) is 17.8 Å². The molecule has 1 atom stereocenters. The smallest absolute Gasteiger partial charge is 0.244 e. The summed E-state index contributed by atoms with van der Waals surface area (Å²) in [5, 5.41) is 3.32. The molecule has 5 nitrogen and oxygen atoms in total. The van der Waals surface area contributed by atoms with Crippen LogP contribution in [0.3, 0.4) is 0 Å². The molecule has 1 heterocycles. The number of thioether (sulfide) groups is 1. The molecule has 0 bridgehead atoms. The Morgan fingerprint density at radius 1 is 1.43 bits per heavy atom. The standard InChI is InChI=1S/C14H23N3O2S2/c1-14(8-5-9-20-14)10-16-11-6-4-7-12(13(11)15)21(18,19)17(2)3/h4,6-7,16H,5,8-10,15H2,1-3H3. The lowest BCUT2D eigenvalue weighted by atomic mass is 10.1. The van der Waals surface area contributed by atoms with Gasteiger partial charge in [0.05, 0.1) is 11.4 Å². The first kappa shape index (κ1) is 16.5.